The molecule has 0 aromatic carbocycles. The van der Waals surface area contributed by atoms with Gasteiger partial charge in [-0.05, 0) is 0 Å². The summed E-state index contributed by atoms with van der Waals surface area (Å²) in [4.78, 5) is 21.3. The molecule has 0 amide bonds. The van der Waals surface area contributed by atoms with Crippen LogP contribution in [-0.2, 0) is 19.1 Å². The van der Waals surface area contributed by atoms with Gasteiger partial charge in [0.2, 0.25) is 0 Å². The van der Waals surface area contributed by atoms with Crippen molar-refractivity contribution in [3.8, 4) is 0 Å². The van der Waals surface area contributed by atoms with Crippen molar-refractivity contribution in [3.63, 3.8) is 0 Å². The molecule has 1 atom stereocenters. The van der Waals surface area contributed by atoms with Gasteiger partial charge in [0.1, 0.15) is 12.7 Å². The Labute approximate surface area is 83.0 Å². The zero-order valence-corrected chi connectivity index (χ0v) is 8.67. The molecule has 0 aliphatic heterocycles. The maximum Gasteiger partial charge on any atom is 0.305 e. The molecule has 0 rings (SSSR count). The maximum absolute atomic E-state index is 10.8. The van der Waals surface area contributed by atoms with E-state index in [-0.39, 0.29) is 18.5 Å². The van der Waals surface area contributed by atoms with E-state index in [1.54, 1.807) is 6.92 Å². The molecule has 0 aliphatic rings. The molecule has 0 spiro atoms. The topological polar surface area (TPSA) is 52.6 Å². The number of esters is 2. The fraction of sp³-hybridized carbons (Fsp3) is 0.750. The van der Waals surface area contributed by atoms with E-state index in [1.165, 1.54) is 6.92 Å². The zero-order valence-electron chi connectivity index (χ0n) is 7.78. The van der Waals surface area contributed by atoms with E-state index in [4.69, 9.17) is 4.74 Å². The van der Waals surface area contributed by atoms with Crippen LogP contribution in [0.3, 0.4) is 0 Å². The average Bonchev–Trinajstić information content (AvgIpc) is 2.11. The second kappa shape index (κ2) is 6.77. The molecule has 0 bridgehead atoms. The van der Waals surface area contributed by atoms with Gasteiger partial charge in [-0.1, -0.05) is 6.92 Å². The fourth-order valence-electron chi connectivity index (χ4n) is 0.604. The Morgan fingerprint density at radius 3 is 2.46 bits per heavy atom. The van der Waals surface area contributed by atoms with Crippen molar-refractivity contribution in [3.05, 3.63) is 0 Å². The normalized spacial score (nSPS) is 11.9. The summed E-state index contributed by atoms with van der Waals surface area (Å²) in [6.07, 6.45) is -0.135. The van der Waals surface area contributed by atoms with Crippen LogP contribution in [0.15, 0.2) is 0 Å². The van der Waals surface area contributed by atoms with Crippen molar-refractivity contribution in [2.75, 3.05) is 12.4 Å². The van der Waals surface area contributed by atoms with Gasteiger partial charge in [0.25, 0.3) is 0 Å². The van der Waals surface area contributed by atoms with Gasteiger partial charge in [0.05, 0.1) is 0 Å². The zero-order chi connectivity index (χ0) is 10.3. The Balaban J connectivity index is 3.75. The highest BCUT2D eigenvalue weighted by Crippen LogP contribution is 1.99. The number of hydrogen-bond acceptors (Lipinski definition) is 5. The summed E-state index contributed by atoms with van der Waals surface area (Å²) in [5.41, 5.74) is 0. The van der Waals surface area contributed by atoms with Gasteiger partial charge < -0.3 is 9.47 Å². The quantitative estimate of drug-likeness (QED) is 0.534. The van der Waals surface area contributed by atoms with E-state index in [2.05, 4.69) is 17.4 Å². The van der Waals surface area contributed by atoms with Gasteiger partial charge in [-0.2, -0.15) is 12.6 Å². The Bertz CT molecular complexity index is 181. The van der Waals surface area contributed by atoms with Crippen molar-refractivity contribution in [1.29, 1.82) is 0 Å². The third-order valence-electron chi connectivity index (χ3n) is 1.26. The molecular weight excluding hydrogens is 192 g/mol. The van der Waals surface area contributed by atoms with Crippen LogP contribution in [0.4, 0.5) is 0 Å². The summed E-state index contributed by atoms with van der Waals surface area (Å²) < 4.78 is 9.58. The van der Waals surface area contributed by atoms with Gasteiger partial charge in [-0.25, -0.2) is 0 Å². The second-order valence-corrected chi connectivity index (χ2v) is 2.82. The Morgan fingerprint density at radius 1 is 1.46 bits per heavy atom. The first-order chi connectivity index (χ1) is 6.10. The van der Waals surface area contributed by atoms with Crippen LogP contribution in [0.1, 0.15) is 20.3 Å². The number of rotatable bonds is 5. The average molecular weight is 206 g/mol. The first-order valence-corrected chi connectivity index (χ1v) is 4.67. The molecule has 0 radical (unpaired) electrons. The maximum atomic E-state index is 10.8. The van der Waals surface area contributed by atoms with Crippen molar-refractivity contribution in [2.45, 2.75) is 26.4 Å². The monoisotopic (exact) mass is 206 g/mol. The largest absolute Gasteiger partial charge is 0.462 e. The van der Waals surface area contributed by atoms with E-state index in [9.17, 15) is 9.59 Å². The molecule has 0 saturated carbocycles. The SMILES string of the molecule is CCC(=O)O[C@@H](CS)COC(C)=O. The molecule has 5 heteroatoms. The molecule has 13 heavy (non-hydrogen) atoms. The molecule has 0 unspecified atom stereocenters. The lowest BCUT2D eigenvalue weighted by Crippen LogP contribution is -2.25. The molecule has 4 nitrogen and oxygen atoms in total. The number of hydrogen-bond donors (Lipinski definition) is 1. The van der Waals surface area contributed by atoms with Crippen LogP contribution >= 0.6 is 12.6 Å². The van der Waals surface area contributed by atoms with Gasteiger partial charge in [0, 0.05) is 19.1 Å². The number of carbonyl (C=O) groups is 2. The van der Waals surface area contributed by atoms with E-state index >= 15 is 0 Å². The first-order valence-electron chi connectivity index (χ1n) is 4.03. The minimum absolute atomic E-state index is 0.0740. The molecular formula is C8H14O4S. The third kappa shape index (κ3) is 6.45. The highest BCUT2D eigenvalue weighted by Gasteiger charge is 2.12. The Kier molecular flexibility index (Phi) is 6.40. The molecule has 0 aromatic rings. The van der Waals surface area contributed by atoms with Crippen molar-refractivity contribution in [2.24, 2.45) is 0 Å². The van der Waals surface area contributed by atoms with Gasteiger partial charge in [-0.15, -0.1) is 0 Å². The molecule has 0 fully saturated rings. The standard InChI is InChI=1S/C8H14O4S/c1-3-8(10)12-7(5-13)4-11-6(2)9/h7,13H,3-5H2,1-2H3/t7-/m1/s1. The van der Waals surface area contributed by atoms with Crippen LogP contribution in [0.5, 0.6) is 0 Å². The molecule has 76 valence electrons. The van der Waals surface area contributed by atoms with Crippen LogP contribution < -0.4 is 0 Å². The lowest BCUT2D eigenvalue weighted by Gasteiger charge is -2.14. The molecule has 0 aliphatic carbocycles. The van der Waals surface area contributed by atoms with Crippen LogP contribution in [0.25, 0.3) is 0 Å². The van der Waals surface area contributed by atoms with E-state index in [0.717, 1.165) is 0 Å². The van der Waals surface area contributed by atoms with Crippen LogP contribution in [0, 0.1) is 0 Å². The third-order valence-corrected chi connectivity index (χ3v) is 1.67. The lowest BCUT2D eigenvalue weighted by atomic mass is 10.4. The molecule has 0 saturated heterocycles. The van der Waals surface area contributed by atoms with Gasteiger partial charge in [0.15, 0.2) is 0 Å². The van der Waals surface area contributed by atoms with Crippen LogP contribution in [0.2, 0.25) is 0 Å². The number of ether oxygens (including phenoxy) is 2. The Morgan fingerprint density at radius 2 is 2.08 bits per heavy atom. The molecule has 0 N–H and O–H groups in total. The van der Waals surface area contributed by atoms with Crippen LogP contribution in [-0.4, -0.2) is 30.4 Å². The van der Waals surface area contributed by atoms with E-state index < -0.39 is 6.10 Å². The molecule has 0 heterocycles. The van der Waals surface area contributed by atoms with Crippen molar-refractivity contribution in [1.82, 2.24) is 0 Å². The minimum atomic E-state index is -0.445. The predicted octanol–water partition coefficient (Wildman–Crippen LogP) is 0.801. The van der Waals surface area contributed by atoms with Gasteiger partial charge >= 0.3 is 11.9 Å². The fourth-order valence-corrected chi connectivity index (χ4v) is 0.783. The lowest BCUT2D eigenvalue weighted by molar-refractivity contribution is -0.156. The summed E-state index contributed by atoms with van der Waals surface area (Å²) >= 11 is 3.96. The highest BCUT2D eigenvalue weighted by molar-refractivity contribution is 7.80. The molecule has 0 aromatic heterocycles. The Hall–Kier alpha value is -0.710. The smallest absolute Gasteiger partial charge is 0.305 e. The first kappa shape index (κ1) is 12.3. The summed E-state index contributed by atoms with van der Waals surface area (Å²) in [7, 11) is 0. The number of thiol groups is 1. The highest BCUT2D eigenvalue weighted by atomic mass is 32.1. The second-order valence-electron chi connectivity index (χ2n) is 2.45. The summed E-state index contributed by atoms with van der Waals surface area (Å²) in [6.45, 7) is 3.07. The van der Waals surface area contributed by atoms with E-state index in [1.807, 2.05) is 0 Å². The summed E-state index contributed by atoms with van der Waals surface area (Å²) in [5.74, 6) is -0.357. The number of carbonyl (C=O) groups excluding carboxylic acids is 2. The van der Waals surface area contributed by atoms with Crippen molar-refractivity contribution < 1.29 is 19.1 Å². The predicted molar refractivity (Wildman–Crippen MR) is 50.7 cm³/mol. The van der Waals surface area contributed by atoms with Crippen molar-refractivity contribution >= 4 is 24.6 Å². The summed E-state index contributed by atoms with van der Waals surface area (Å²) in [5, 5.41) is 0. The van der Waals surface area contributed by atoms with Gasteiger partial charge in [-0.3, -0.25) is 9.59 Å². The minimum Gasteiger partial charge on any atom is -0.462 e. The summed E-state index contributed by atoms with van der Waals surface area (Å²) in [6, 6.07) is 0. The van der Waals surface area contributed by atoms with E-state index in [0.29, 0.717) is 12.2 Å².